The molecule has 0 aliphatic heterocycles. The fourth-order valence-electron chi connectivity index (χ4n) is 0.430. The summed E-state index contributed by atoms with van der Waals surface area (Å²) in [6.45, 7) is -3.67. The second-order valence-electron chi connectivity index (χ2n) is 1.68. The molecule has 0 radical (unpaired) electrons. The zero-order chi connectivity index (χ0) is 9.56. The van der Waals surface area contributed by atoms with E-state index in [1.54, 1.807) is 0 Å². The maximum Gasteiger partial charge on any atom is 0.379 e. The zero-order valence-electron chi connectivity index (χ0n) is 5.78. The first-order valence-corrected chi connectivity index (χ1v) is 4.31. The molecular weight excluding hydrogens is 303 g/mol. The monoisotopic (exact) mass is 308 g/mol. The minimum Gasteiger partial charge on any atom is -0.174 e. The van der Waals surface area contributed by atoms with E-state index in [0.717, 1.165) is 5.02 Å². The third-order valence-electron chi connectivity index (χ3n) is 0.804. The molecule has 5 heteroatoms. The van der Waals surface area contributed by atoms with Crippen molar-refractivity contribution in [2.75, 3.05) is 0 Å². The molecule has 1 rings (SSSR count). The fraction of sp³-hybridized carbons (Fsp3) is 0.143. The van der Waals surface area contributed by atoms with Crippen molar-refractivity contribution in [1.82, 2.24) is 0 Å². The molecule has 0 aliphatic rings. The first-order chi connectivity index (χ1) is 5.52. The van der Waals surface area contributed by atoms with Crippen LogP contribution in [0.1, 0.15) is 0 Å². The third-order valence-corrected chi connectivity index (χ3v) is 1.77. The van der Waals surface area contributed by atoms with Crippen LogP contribution in [0.25, 0.3) is 0 Å². The van der Waals surface area contributed by atoms with Crippen LogP contribution in [0, 0.1) is 3.57 Å². The van der Waals surface area contributed by atoms with E-state index in [0.29, 0.717) is 0 Å². The van der Waals surface area contributed by atoms with Crippen LogP contribution in [0.15, 0.2) is 24.3 Å². The Balaban J connectivity index is 0.000000261. The highest BCUT2D eigenvalue weighted by molar-refractivity contribution is 14.1. The topological polar surface area (TPSA) is 0 Å². The summed E-state index contributed by atoms with van der Waals surface area (Å²) in [4.78, 5) is 0. The Kier molecular flexibility index (Phi) is 6.55. The van der Waals surface area contributed by atoms with Crippen LogP contribution in [0.3, 0.4) is 0 Å². The normalized spacial score (nSPS) is 9.17. The molecule has 12 heavy (non-hydrogen) atoms. The summed E-state index contributed by atoms with van der Waals surface area (Å²) in [6, 6.07) is 7.71. The summed E-state index contributed by atoms with van der Waals surface area (Å²) in [5.41, 5.74) is 0. The molecule has 0 spiro atoms. The van der Waals surface area contributed by atoms with Crippen LogP contribution in [0.2, 0.25) is 5.02 Å². The summed E-state index contributed by atoms with van der Waals surface area (Å²) in [6.07, 6.45) is 0. The third kappa shape index (κ3) is 8.13. The van der Waals surface area contributed by atoms with E-state index >= 15 is 0 Å². The molecule has 0 saturated heterocycles. The second kappa shape index (κ2) is 6.54. The van der Waals surface area contributed by atoms with Gasteiger partial charge in [0.15, 0.2) is 0 Å². The van der Waals surface area contributed by atoms with Crippen LogP contribution in [0.5, 0.6) is 0 Å². The van der Waals surface area contributed by atoms with Gasteiger partial charge in [-0.3, -0.25) is 0 Å². The highest BCUT2D eigenvalue weighted by Gasteiger charge is 1.86. The largest absolute Gasteiger partial charge is 0.379 e. The van der Waals surface area contributed by atoms with Gasteiger partial charge in [-0.05, 0) is 46.9 Å². The molecule has 0 aliphatic carbocycles. The van der Waals surface area contributed by atoms with Crippen molar-refractivity contribution in [2.45, 2.75) is 6.68 Å². The smallest absolute Gasteiger partial charge is 0.174 e. The second-order valence-corrected chi connectivity index (χ2v) is 3.37. The van der Waals surface area contributed by atoms with Gasteiger partial charge < -0.3 is 0 Å². The molecule has 0 saturated carbocycles. The van der Waals surface area contributed by atoms with E-state index in [1.165, 1.54) is 3.57 Å². The highest BCUT2D eigenvalue weighted by Crippen LogP contribution is 2.10. The average molecular weight is 308 g/mol. The molecule has 1 aromatic rings. The predicted octanol–water partition coefficient (Wildman–Crippen LogP) is 4.12. The number of benzene rings is 1. The quantitative estimate of drug-likeness (QED) is 0.632. The van der Waals surface area contributed by atoms with E-state index in [4.69, 9.17) is 11.6 Å². The van der Waals surface area contributed by atoms with Gasteiger partial charge in [0.1, 0.15) is 0 Å². The Bertz CT molecular complexity index is 189. The van der Waals surface area contributed by atoms with E-state index in [-0.39, 0.29) is 0 Å². The zero-order valence-corrected chi connectivity index (χ0v) is 8.69. The minimum absolute atomic E-state index is 0.797. The molecule has 1 aromatic carbocycles. The first kappa shape index (κ1) is 12.0. The predicted molar refractivity (Wildman–Crippen MR) is 51.3 cm³/mol. The number of halogens is 5. The Labute approximate surface area is 86.9 Å². The van der Waals surface area contributed by atoms with Crippen molar-refractivity contribution in [2.24, 2.45) is 0 Å². The molecule has 0 unspecified atom stereocenters. The van der Waals surface area contributed by atoms with Crippen molar-refractivity contribution in [3.8, 4) is 0 Å². The Morgan fingerprint density at radius 1 is 1.08 bits per heavy atom. The van der Waals surface area contributed by atoms with E-state index < -0.39 is 6.68 Å². The number of rotatable bonds is 0. The lowest BCUT2D eigenvalue weighted by Crippen LogP contribution is -1.65. The molecule has 0 atom stereocenters. The molecule has 0 aromatic heterocycles. The fourth-order valence-corrected chi connectivity index (χ4v) is 0.915. The van der Waals surface area contributed by atoms with Gasteiger partial charge in [0, 0.05) is 8.59 Å². The van der Waals surface area contributed by atoms with Crippen molar-refractivity contribution in [3.63, 3.8) is 0 Å². The summed E-state index contributed by atoms with van der Waals surface area (Å²) >= 11 is 7.85. The first-order valence-electron chi connectivity index (χ1n) is 2.85. The van der Waals surface area contributed by atoms with Gasteiger partial charge in [-0.15, -0.1) is 0 Å². The average Bonchev–Trinajstić information content (AvgIpc) is 1.94. The standard InChI is InChI=1S/C6H4ClI.CHF3/c7-5-1-3-6(8)4-2-5;2-1(3)4/h1-4H;1H. The Morgan fingerprint density at radius 2 is 1.42 bits per heavy atom. The molecule has 0 fully saturated rings. The summed E-state index contributed by atoms with van der Waals surface area (Å²) < 4.78 is 30.2. The van der Waals surface area contributed by atoms with Gasteiger partial charge in [-0.25, -0.2) is 0 Å². The van der Waals surface area contributed by atoms with Gasteiger partial charge in [0.2, 0.25) is 0 Å². The molecule has 0 amide bonds. The lowest BCUT2D eigenvalue weighted by molar-refractivity contribution is 0.00819. The van der Waals surface area contributed by atoms with Crippen LogP contribution >= 0.6 is 34.2 Å². The van der Waals surface area contributed by atoms with E-state index in [9.17, 15) is 13.2 Å². The molecule has 0 nitrogen and oxygen atoms in total. The molecule has 0 bridgehead atoms. The molecule has 0 N–H and O–H groups in total. The van der Waals surface area contributed by atoms with Crippen molar-refractivity contribution in [3.05, 3.63) is 32.9 Å². The summed E-state index contributed by atoms with van der Waals surface area (Å²) in [5, 5.41) is 0.797. The summed E-state index contributed by atoms with van der Waals surface area (Å²) in [5.74, 6) is 0. The van der Waals surface area contributed by atoms with E-state index in [1.807, 2.05) is 24.3 Å². The minimum atomic E-state index is -3.67. The molecule has 0 heterocycles. The van der Waals surface area contributed by atoms with Crippen LogP contribution in [-0.4, -0.2) is 6.68 Å². The maximum absolute atomic E-state index is 9.67. The SMILES string of the molecule is Clc1ccc(I)cc1.FC(F)F. The van der Waals surface area contributed by atoms with Gasteiger partial charge in [-0.1, -0.05) is 11.6 Å². The molecular formula is C7H5ClF3I. The maximum atomic E-state index is 9.67. The lowest BCUT2D eigenvalue weighted by atomic mass is 10.4. The van der Waals surface area contributed by atoms with Gasteiger partial charge >= 0.3 is 6.68 Å². The van der Waals surface area contributed by atoms with E-state index in [2.05, 4.69) is 22.6 Å². The van der Waals surface area contributed by atoms with Gasteiger partial charge in [0.25, 0.3) is 0 Å². The highest BCUT2D eigenvalue weighted by atomic mass is 127. The van der Waals surface area contributed by atoms with Crippen molar-refractivity contribution >= 4 is 34.2 Å². The van der Waals surface area contributed by atoms with Crippen LogP contribution < -0.4 is 0 Å². The lowest BCUT2D eigenvalue weighted by Gasteiger charge is -1.86. The van der Waals surface area contributed by atoms with Crippen LogP contribution in [0.4, 0.5) is 13.2 Å². The molecule has 68 valence electrons. The Morgan fingerprint density at radius 3 is 1.67 bits per heavy atom. The van der Waals surface area contributed by atoms with Crippen LogP contribution in [-0.2, 0) is 0 Å². The van der Waals surface area contributed by atoms with Gasteiger partial charge in [0.05, 0.1) is 0 Å². The van der Waals surface area contributed by atoms with Crippen molar-refractivity contribution in [1.29, 1.82) is 0 Å². The summed E-state index contributed by atoms with van der Waals surface area (Å²) in [7, 11) is 0. The number of hydrogen-bond acceptors (Lipinski definition) is 0. The number of alkyl halides is 3. The Hall–Kier alpha value is 0.0300. The van der Waals surface area contributed by atoms with Crippen molar-refractivity contribution < 1.29 is 13.2 Å². The number of hydrogen-bond donors (Lipinski definition) is 0. The van der Waals surface area contributed by atoms with Gasteiger partial charge in [-0.2, -0.15) is 13.2 Å².